The molecule has 0 radical (unpaired) electrons. The first kappa shape index (κ1) is 23.0. The summed E-state index contributed by atoms with van der Waals surface area (Å²) in [5.74, 6) is 2.16. The minimum atomic E-state index is -0.0314. The van der Waals surface area contributed by atoms with Crippen LogP contribution in [0.3, 0.4) is 0 Å². The van der Waals surface area contributed by atoms with Crippen LogP contribution in [-0.4, -0.2) is 54.6 Å². The fraction of sp³-hybridized carbons (Fsp3) is 0.357. The molecule has 7 nitrogen and oxygen atoms in total. The number of carbonyl (C=O) groups is 2. The van der Waals surface area contributed by atoms with E-state index in [0.717, 1.165) is 19.3 Å². The lowest BCUT2D eigenvalue weighted by atomic mass is 9.84. The predicted molar refractivity (Wildman–Crippen MR) is 131 cm³/mol. The maximum Gasteiger partial charge on any atom is 0.257 e. The summed E-state index contributed by atoms with van der Waals surface area (Å²) in [6, 6.07) is 17.4. The van der Waals surface area contributed by atoms with Crippen molar-refractivity contribution >= 4 is 11.8 Å². The largest absolute Gasteiger partial charge is 0.469 e. The van der Waals surface area contributed by atoms with E-state index >= 15 is 0 Å². The number of rotatable bonds is 6. The van der Waals surface area contributed by atoms with Gasteiger partial charge in [-0.2, -0.15) is 0 Å². The maximum absolute atomic E-state index is 13.3. The van der Waals surface area contributed by atoms with Gasteiger partial charge in [-0.05, 0) is 61.9 Å². The third kappa shape index (κ3) is 4.76. The van der Waals surface area contributed by atoms with Crippen molar-refractivity contribution in [1.82, 2.24) is 9.80 Å². The Morgan fingerprint density at radius 3 is 2.49 bits per heavy atom. The highest BCUT2D eigenvalue weighted by Crippen LogP contribution is 2.34. The third-order valence-corrected chi connectivity index (χ3v) is 7.19. The molecule has 1 aromatic heterocycles. The molecule has 2 aliphatic rings. The van der Waals surface area contributed by atoms with E-state index in [4.69, 9.17) is 13.9 Å². The number of aryl methyl sites for hydroxylation is 1. The van der Waals surface area contributed by atoms with Crippen molar-refractivity contribution in [2.75, 3.05) is 26.9 Å². The molecule has 7 heteroatoms. The van der Waals surface area contributed by atoms with Crippen molar-refractivity contribution in [2.24, 2.45) is 5.92 Å². The first-order valence-corrected chi connectivity index (χ1v) is 12.1. The van der Waals surface area contributed by atoms with Crippen LogP contribution in [0.2, 0.25) is 0 Å². The molecule has 35 heavy (non-hydrogen) atoms. The number of fused-ring (bicyclic) bond motifs is 1. The fourth-order valence-corrected chi connectivity index (χ4v) is 5.12. The summed E-state index contributed by atoms with van der Waals surface area (Å²) in [5.41, 5.74) is 2.40. The van der Waals surface area contributed by atoms with Crippen molar-refractivity contribution in [3.8, 4) is 11.5 Å². The van der Waals surface area contributed by atoms with E-state index in [1.165, 1.54) is 5.56 Å². The topological polar surface area (TPSA) is 72.2 Å². The average molecular weight is 475 g/mol. The molecule has 2 aromatic carbocycles. The Bertz CT molecular complexity index is 1200. The van der Waals surface area contributed by atoms with Crippen molar-refractivity contribution in [1.29, 1.82) is 0 Å². The lowest BCUT2D eigenvalue weighted by Crippen LogP contribution is -2.48. The van der Waals surface area contributed by atoms with Crippen molar-refractivity contribution < 1.29 is 23.5 Å². The quantitative estimate of drug-likeness (QED) is 0.524. The number of hydrogen-bond donors (Lipinski definition) is 0. The molecule has 182 valence electrons. The van der Waals surface area contributed by atoms with Crippen LogP contribution in [0.15, 0.2) is 65.3 Å². The lowest BCUT2D eigenvalue weighted by molar-refractivity contribution is 0.0521. The number of amides is 2. The van der Waals surface area contributed by atoms with Crippen molar-refractivity contribution in [2.45, 2.75) is 32.2 Å². The zero-order valence-corrected chi connectivity index (χ0v) is 20.1. The smallest absolute Gasteiger partial charge is 0.257 e. The van der Waals surface area contributed by atoms with E-state index in [-0.39, 0.29) is 30.6 Å². The van der Waals surface area contributed by atoms with Gasteiger partial charge in [0.15, 0.2) is 11.5 Å². The van der Waals surface area contributed by atoms with Crippen LogP contribution < -0.4 is 9.47 Å². The van der Waals surface area contributed by atoms with Gasteiger partial charge in [0.25, 0.3) is 11.8 Å². The standard InChI is InChI=1S/C28H30N2O5/c1-19-23(12-15-33-19)28(32)29(2)24(16-20-6-4-3-5-7-20)21-10-13-30(14-11-21)27(31)22-8-9-25-26(17-22)35-18-34-25/h3-9,12,15,17,21,24H,10-11,13-14,16,18H2,1-2H3. The molecular weight excluding hydrogens is 444 g/mol. The summed E-state index contributed by atoms with van der Waals surface area (Å²) in [6.07, 6.45) is 3.98. The molecule has 1 atom stereocenters. The zero-order chi connectivity index (χ0) is 24.4. The molecule has 2 aliphatic heterocycles. The van der Waals surface area contributed by atoms with Gasteiger partial charge in [-0.15, -0.1) is 0 Å². The van der Waals surface area contributed by atoms with Crippen LogP contribution >= 0.6 is 0 Å². The Labute approximate surface area is 205 Å². The Morgan fingerprint density at radius 2 is 1.77 bits per heavy atom. The normalized spacial score (nSPS) is 16.2. The Hall–Kier alpha value is -3.74. The summed E-state index contributed by atoms with van der Waals surface area (Å²) in [5, 5.41) is 0. The van der Waals surface area contributed by atoms with Gasteiger partial charge in [0, 0.05) is 31.7 Å². The van der Waals surface area contributed by atoms with Crippen LogP contribution in [-0.2, 0) is 6.42 Å². The molecule has 0 bridgehead atoms. The lowest BCUT2D eigenvalue weighted by Gasteiger charge is -2.40. The Morgan fingerprint density at radius 1 is 1.03 bits per heavy atom. The van der Waals surface area contributed by atoms with Gasteiger partial charge in [0.05, 0.1) is 11.8 Å². The van der Waals surface area contributed by atoms with Crippen LogP contribution in [0.1, 0.15) is 44.9 Å². The Kier molecular flexibility index (Phi) is 6.49. The van der Waals surface area contributed by atoms with E-state index in [2.05, 4.69) is 12.1 Å². The highest BCUT2D eigenvalue weighted by atomic mass is 16.7. The molecule has 1 unspecified atom stereocenters. The molecule has 2 amide bonds. The minimum Gasteiger partial charge on any atom is -0.469 e. The van der Waals surface area contributed by atoms with Crippen LogP contribution in [0.4, 0.5) is 0 Å². The summed E-state index contributed by atoms with van der Waals surface area (Å²) < 4.78 is 16.2. The van der Waals surface area contributed by atoms with E-state index in [1.54, 1.807) is 30.5 Å². The SMILES string of the molecule is Cc1occc1C(=O)N(C)C(Cc1ccccc1)C1CCN(C(=O)c2ccc3c(c2)OCO3)CC1. The Balaban J connectivity index is 1.30. The number of benzene rings is 2. The highest BCUT2D eigenvalue weighted by Gasteiger charge is 2.34. The molecule has 0 aliphatic carbocycles. The molecule has 0 N–H and O–H groups in total. The molecule has 3 heterocycles. The number of ether oxygens (including phenoxy) is 2. The second kappa shape index (κ2) is 9.86. The number of nitrogens with zero attached hydrogens (tertiary/aromatic N) is 2. The van der Waals surface area contributed by atoms with Gasteiger partial charge in [-0.25, -0.2) is 0 Å². The molecule has 3 aromatic rings. The molecule has 0 saturated carbocycles. The molecular formula is C28H30N2O5. The predicted octanol–water partition coefficient (Wildman–Crippen LogP) is 4.55. The summed E-state index contributed by atoms with van der Waals surface area (Å²) in [6.45, 7) is 3.30. The summed E-state index contributed by atoms with van der Waals surface area (Å²) in [4.78, 5) is 30.3. The van der Waals surface area contributed by atoms with Gasteiger partial charge in [-0.1, -0.05) is 30.3 Å². The van der Waals surface area contributed by atoms with Crippen LogP contribution in [0, 0.1) is 12.8 Å². The van der Waals surface area contributed by atoms with Gasteiger partial charge < -0.3 is 23.7 Å². The molecule has 1 saturated heterocycles. The van der Waals surface area contributed by atoms with Gasteiger partial charge in [0.1, 0.15) is 5.76 Å². The molecule has 1 fully saturated rings. The van der Waals surface area contributed by atoms with E-state index in [1.807, 2.05) is 42.0 Å². The summed E-state index contributed by atoms with van der Waals surface area (Å²) >= 11 is 0. The van der Waals surface area contributed by atoms with Gasteiger partial charge >= 0.3 is 0 Å². The molecule has 0 spiro atoms. The zero-order valence-electron chi connectivity index (χ0n) is 20.1. The second-order valence-electron chi connectivity index (χ2n) is 9.26. The van der Waals surface area contributed by atoms with E-state index in [9.17, 15) is 9.59 Å². The van der Waals surface area contributed by atoms with Crippen LogP contribution in [0.5, 0.6) is 11.5 Å². The third-order valence-electron chi connectivity index (χ3n) is 7.19. The average Bonchev–Trinajstić information content (AvgIpc) is 3.55. The monoisotopic (exact) mass is 474 g/mol. The van der Waals surface area contributed by atoms with E-state index < -0.39 is 0 Å². The van der Waals surface area contributed by atoms with Crippen LogP contribution in [0.25, 0.3) is 0 Å². The van der Waals surface area contributed by atoms with E-state index in [0.29, 0.717) is 41.5 Å². The number of likely N-dealkylation sites (tertiary alicyclic amines) is 1. The highest BCUT2D eigenvalue weighted by molar-refractivity contribution is 5.95. The number of likely N-dealkylation sites (N-methyl/N-ethyl adjacent to an activating group) is 1. The van der Waals surface area contributed by atoms with Gasteiger partial charge in [0.2, 0.25) is 6.79 Å². The maximum atomic E-state index is 13.3. The number of hydrogen-bond acceptors (Lipinski definition) is 5. The van der Waals surface area contributed by atoms with Crippen molar-refractivity contribution in [3.05, 3.63) is 83.3 Å². The summed E-state index contributed by atoms with van der Waals surface area (Å²) in [7, 11) is 1.88. The number of furan rings is 1. The first-order valence-electron chi connectivity index (χ1n) is 12.1. The van der Waals surface area contributed by atoms with Crippen molar-refractivity contribution in [3.63, 3.8) is 0 Å². The molecule has 5 rings (SSSR count). The first-order chi connectivity index (χ1) is 17.0. The van der Waals surface area contributed by atoms with Gasteiger partial charge in [-0.3, -0.25) is 9.59 Å². The second-order valence-corrected chi connectivity index (χ2v) is 9.26. The minimum absolute atomic E-state index is 0.000174. The number of piperidine rings is 1. The fourth-order valence-electron chi connectivity index (χ4n) is 5.12. The number of carbonyl (C=O) groups excluding carboxylic acids is 2.